The molecule has 0 bridgehead atoms. The molecular formula is C13H22N2O2. The Kier molecular flexibility index (Phi) is 4.34. The van der Waals surface area contributed by atoms with Gasteiger partial charge in [-0.15, -0.1) is 0 Å². The van der Waals surface area contributed by atoms with E-state index >= 15 is 0 Å². The Morgan fingerprint density at radius 2 is 2.00 bits per heavy atom. The molecule has 3 N–H and O–H groups in total. The number of rotatable bonds is 5. The lowest BCUT2D eigenvalue weighted by Crippen LogP contribution is -2.52. The number of hydrogen-bond donors (Lipinski definition) is 2. The molecule has 1 aromatic heterocycles. The molecule has 1 aromatic rings. The number of carbonyl (C=O) groups excluding carboxylic acids is 1. The summed E-state index contributed by atoms with van der Waals surface area (Å²) in [6.45, 7) is 8.14. The molecule has 1 rings (SSSR count). The van der Waals surface area contributed by atoms with Crippen molar-refractivity contribution in [3.63, 3.8) is 0 Å². The van der Waals surface area contributed by atoms with Crippen LogP contribution in [0.3, 0.4) is 0 Å². The Balaban J connectivity index is 2.88. The van der Waals surface area contributed by atoms with Crippen molar-refractivity contribution in [2.24, 2.45) is 5.73 Å². The molecule has 0 aliphatic heterocycles. The van der Waals surface area contributed by atoms with Crippen molar-refractivity contribution in [2.45, 2.75) is 46.1 Å². The van der Waals surface area contributed by atoms with Gasteiger partial charge in [0.25, 0.3) is 5.91 Å². The van der Waals surface area contributed by atoms with Crippen LogP contribution in [0.1, 0.15) is 48.6 Å². The Morgan fingerprint density at radius 1 is 1.41 bits per heavy atom. The fraction of sp³-hybridized carbons (Fsp3) is 0.615. The smallest absolute Gasteiger partial charge is 0.255 e. The fourth-order valence-corrected chi connectivity index (χ4v) is 1.93. The third-order valence-corrected chi connectivity index (χ3v) is 3.41. The van der Waals surface area contributed by atoms with E-state index in [1.54, 1.807) is 13.0 Å². The molecule has 0 unspecified atom stereocenters. The summed E-state index contributed by atoms with van der Waals surface area (Å²) in [5, 5.41) is 3.03. The zero-order chi connectivity index (χ0) is 13.1. The van der Waals surface area contributed by atoms with Crippen molar-refractivity contribution in [1.29, 1.82) is 0 Å². The first-order valence-corrected chi connectivity index (χ1v) is 6.07. The van der Waals surface area contributed by atoms with Gasteiger partial charge in [0.15, 0.2) is 0 Å². The number of amides is 1. The Morgan fingerprint density at radius 3 is 2.35 bits per heavy atom. The summed E-state index contributed by atoms with van der Waals surface area (Å²) in [7, 11) is 0. The van der Waals surface area contributed by atoms with Gasteiger partial charge in [0, 0.05) is 6.54 Å². The summed E-state index contributed by atoms with van der Waals surface area (Å²) in [5.74, 6) is 1.30. The molecule has 1 amide bonds. The lowest BCUT2D eigenvalue weighted by Gasteiger charge is -2.31. The van der Waals surface area contributed by atoms with Crippen LogP contribution in [0.15, 0.2) is 10.5 Å². The molecule has 0 aliphatic rings. The van der Waals surface area contributed by atoms with Gasteiger partial charge in [0.2, 0.25) is 0 Å². The van der Waals surface area contributed by atoms with Crippen LogP contribution in [0.4, 0.5) is 0 Å². The van der Waals surface area contributed by atoms with Gasteiger partial charge in [-0.05, 0) is 32.8 Å². The maximum Gasteiger partial charge on any atom is 0.255 e. The minimum atomic E-state index is -0.311. The molecule has 0 saturated carbocycles. The van der Waals surface area contributed by atoms with Crippen LogP contribution in [0.2, 0.25) is 0 Å². The highest BCUT2D eigenvalue weighted by Gasteiger charge is 2.28. The predicted molar refractivity (Wildman–Crippen MR) is 68.0 cm³/mol. The number of hydrogen-bond acceptors (Lipinski definition) is 3. The largest absolute Gasteiger partial charge is 0.466 e. The van der Waals surface area contributed by atoms with Gasteiger partial charge >= 0.3 is 0 Å². The highest BCUT2D eigenvalue weighted by Crippen LogP contribution is 2.18. The molecular weight excluding hydrogens is 216 g/mol. The third kappa shape index (κ3) is 2.88. The van der Waals surface area contributed by atoms with Gasteiger partial charge < -0.3 is 15.5 Å². The molecule has 0 aliphatic carbocycles. The molecule has 1 heterocycles. The minimum Gasteiger partial charge on any atom is -0.466 e. The van der Waals surface area contributed by atoms with Crippen LogP contribution in [0, 0.1) is 13.8 Å². The van der Waals surface area contributed by atoms with E-state index in [4.69, 9.17) is 10.2 Å². The highest BCUT2D eigenvalue weighted by molar-refractivity contribution is 5.95. The molecule has 17 heavy (non-hydrogen) atoms. The topological polar surface area (TPSA) is 68.3 Å². The van der Waals surface area contributed by atoms with Crippen molar-refractivity contribution in [3.05, 3.63) is 23.2 Å². The van der Waals surface area contributed by atoms with Crippen LogP contribution < -0.4 is 11.1 Å². The van der Waals surface area contributed by atoms with Gasteiger partial charge in [0.05, 0.1) is 11.1 Å². The summed E-state index contributed by atoms with van der Waals surface area (Å²) < 4.78 is 5.36. The summed E-state index contributed by atoms with van der Waals surface area (Å²) in [6, 6.07) is 1.76. The monoisotopic (exact) mass is 238 g/mol. The second kappa shape index (κ2) is 5.36. The maximum absolute atomic E-state index is 12.1. The van der Waals surface area contributed by atoms with Crippen LogP contribution in [0.25, 0.3) is 0 Å². The second-order valence-corrected chi connectivity index (χ2v) is 4.47. The molecule has 0 aromatic carbocycles. The molecule has 0 fully saturated rings. The van der Waals surface area contributed by atoms with Crippen molar-refractivity contribution in [2.75, 3.05) is 6.54 Å². The first-order chi connectivity index (χ1) is 7.98. The quantitative estimate of drug-likeness (QED) is 0.825. The highest BCUT2D eigenvalue weighted by atomic mass is 16.3. The Bertz CT molecular complexity index is 384. The van der Waals surface area contributed by atoms with E-state index in [1.807, 2.05) is 20.8 Å². The van der Waals surface area contributed by atoms with Crippen molar-refractivity contribution in [3.8, 4) is 0 Å². The van der Waals surface area contributed by atoms with Gasteiger partial charge in [-0.1, -0.05) is 13.8 Å². The Labute approximate surface area is 103 Å². The summed E-state index contributed by atoms with van der Waals surface area (Å²) >= 11 is 0. The number of nitrogens with one attached hydrogen (secondary N) is 1. The third-order valence-electron chi connectivity index (χ3n) is 3.41. The van der Waals surface area contributed by atoms with E-state index in [-0.39, 0.29) is 11.4 Å². The van der Waals surface area contributed by atoms with E-state index in [1.165, 1.54) is 0 Å². The number of nitrogens with two attached hydrogens (primary N) is 1. The van der Waals surface area contributed by atoms with Gasteiger partial charge in [-0.3, -0.25) is 4.79 Å². The normalized spacial score (nSPS) is 11.6. The lowest BCUT2D eigenvalue weighted by molar-refractivity contribution is 0.0893. The molecule has 0 spiro atoms. The van der Waals surface area contributed by atoms with Crippen LogP contribution >= 0.6 is 0 Å². The number of carbonyl (C=O) groups is 1. The summed E-state index contributed by atoms with van der Waals surface area (Å²) in [6.07, 6.45) is 1.64. The standard InChI is InChI=1S/C13H22N2O2/c1-5-13(6-2,8-14)15-12(16)11-7-9(3)17-10(11)4/h7H,5-6,8,14H2,1-4H3,(H,15,16). The molecule has 96 valence electrons. The zero-order valence-electron chi connectivity index (χ0n) is 11.1. The number of aryl methyl sites for hydroxylation is 2. The fourth-order valence-electron chi connectivity index (χ4n) is 1.93. The van der Waals surface area contributed by atoms with E-state index in [0.717, 1.165) is 18.6 Å². The van der Waals surface area contributed by atoms with Crippen LogP contribution in [-0.4, -0.2) is 18.0 Å². The van der Waals surface area contributed by atoms with E-state index < -0.39 is 0 Å². The van der Waals surface area contributed by atoms with Gasteiger partial charge in [-0.2, -0.15) is 0 Å². The Hall–Kier alpha value is -1.29. The van der Waals surface area contributed by atoms with Gasteiger partial charge in [-0.25, -0.2) is 0 Å². The molecule has 0 radical (unpaired) electrons. The molecule has 0 atom stereocenters. The average molecular weight is 238 g/mol. The summed E-state index contributed by atoms with van der Waals surface area (Å²) in [4.78, 5) is 12.1. The SMILES string of the molecule is CCC(CC)(CN)NC(=O)c1cc(C)oc1C. The van der Waals surface area contributed by atoms with Crippen molar-refractivity contribution < 1.29 is 9.21 Å². The second-order valence-electron chi connectivity index (χ2n) is 4.47. The number of furan rings is 1. The van der Waals surface area contributed by atoms with E-state index in [9.17, 15) is 4.79 Å². The minimum absolute atomic E-state index is 0.103. The molecule has 4 heteroatoms. The van der Waals surface area contributed by atoms with Crippen LogP contribution in [-0.2, 0) is 0 Å². The van der Waals surface area contributed by atoms with E-state index in [2.05, 4.69) is 5.32 Å². The molecule has 4 nitrogen and oxygen atoms in total. The zero-order valence-corrected chi connectivity index (χ0v) is 11.1. The predicted octanol–water partition coefficient (Wildman–Crippen LogP) is 2.14. The van der Waals surface area contributed by atoms with Crippen molar-refractivity contribution >= 4 is 5.91 Å². The summed E-state index contributed by atoms with van der Waals surface area (Å²) in [5.41, 5.74) is 6.05. The average Bonchev–Trinajstić information content (AvgIpc) is 2.65. The maximum atomic E-state index is 12.1. The van der Waals surface area contributed by atoms with E-state index in [0.29, 0.717) is 17.9 Å². The van der Waals surface area contributed by atoms with Crippen molar-refractivity contribution in [1.82, 2.24) is 5.32 Å². The lowest BCUT2D eigenvalue weighted by atomic mass is 9.92. The van der Waals surface area contributed by atoms with Gasteiger partial charge in [0.1, 0.15) is 11.5 Å². The molecule has 0 saturated heterocycles. The first-order valence-electron chi connectivity index (χ1n) is 6.07. The van der Waals surface area contributed by atoms with Crippen LogP contribution in [0.5, 0.6) is 0 Å². The first kappa shape index (κ1) is 13.8.